The molecule has 1 amide bonds. The van der Waals surface area contributed by atoms with Gasteiger partial charge in [0.05, 0.1) is 5.01 Å². The number of ether oxygens (including phenoxy) is 1. The first-order chi connectivity index (χ1) is 10.1. The van der Waals surface area contributed by atoms with E-state index >= 15 is 0 Å². The number of hydrogen-bond donors (Lipinski definition) is 2. The minimum atomic E-state index is -1.03. The Morgan fingerprint density at radius 3 is 2.76 bits per heavy atom. The van der Waals surface area contributed by atoms with Crippen molar-refractivity contribution in [3.8, 4) is 0 Å². The summed E-state index contributed by atoms with van der Waals surface area (Å²) < 4.78 is 5.69. The van der Waals surface area contributed by atoms with Crippen LogP contribution >= 0.6 is 11.3 Å². The summed E-state index contributed by atoms with van der Waals surface area (Å²) in [5, 5.41) is 13.9. The molecule has 2 rings (SSSR count). The minimum Gasteiger partial charge on any atom is -0.476 e. The fourth-order valence-corrected chi connectivity index (χ4v) is 3.40. The first kappa shape index (κ1) is 15.9. The second-order valence-corrected chi connectivity index (χ2v) is 6.01. The van der Waals surface area contributed by atoms with Gasteiger partial charge in [-0.1, -0.05) is 0 Å². The van der Waals surface area contributed by atoms with Crippen molar-refractivity contribution in [1.29, 1.82) is 0 Å². The highest BCUT2D eigenvalue weighted by atomic mass is 32.1. The van der Waals surface area contributed by atoms with Crippen molar-refractivity contribution in [1.82, 2.24) is 10.3 Å². The van der Waals surface area contributed by atoms with E-state index in [2.05, 4.69) is 10.3 Å². The quantitative estimate of drug-likeness (QED) is 0.802. The molecule has 116 valence electrons. The maximum atomic E-state index is 12.3. The topological polar surface area (TPSA) is 88.5 Å². The molecule has 0 atom stereocenters. The van der Waals surface area contributed by atoms with Gasteiger partial charge in [-0.2, -0.15) is 0 Å². The van der Waals surface area contributed by atoms with Gasteiger partial charge in [0.15, 0.2) is 5.69 Å². The molecule has 0 radical (unpaired) electrons. The van der Waals surface area contributed by atoms with Crippen molar-refractivity contribution in [2.75, 3.05) is 13.2 Å². The van der Waals surface area contributed by atoms with Gasteiger partial charge in [-0.25, -0.2) is 9.78 Å². The molecule has 1 saturated carbocycles. The van der Waals surface area contributed by atoms with Gasteiger partial charge in [0.1, 0.15) is 5.60 Å². The number of carbonyl (C=O) groups excluding carboxylic acids is 1. The maximum absolute atomic E-state index is 12.3. The van der Waals surface area contributed by atoms with Gasteiger partial charge in [-0.3, -0.25) is 4.79 Å². The van der Waals surface area contributed by atoms with Crippen molar-refractivity contribution in [2.45, 2.75) is 44.6 Å². The molecule has 1 aromatic heterocycles. The molecule has 0 aromatic carbocycles. The molecular weight excluding hydrogens is 292 g/mol. The third-order valence-corrected chi connectivity index (χ3v) is 4.55. The average molecular weight is 312 g/mol. The Bertz CT molecular complexity index is 509. The van der Waals surface area contributed by atoms with Crippen LogP contribution in [-0.2, 0) is 16.0 Å². The van der Waals surface area contributed by atoms with Crippen LogP contribution < -0.4 is 5.32 Å². The third kappa shape index (κ3) is 3.79. The molecule has 2 N–H and O–H groups in total. The summed E-state index contributed by atoms with van der Waals surface area (Å²) in [6.07, 6.45) is 4.11. The van der Waals surface area contributed by atoms with Gasteiger partial charge in [0, 0.05) is 25.0 Å². The lowest BCUT2D eigenvalue weighted by atomic mass is 10.0. The summed E-state index contributed by atoms with van der Waals surface area (Å²) in [6.45, 7) is 2.87. The number of amides is 1. The highest BCUT2D eigenvalue weighted by Crippen LogP contribution is 2.33. The summed E-state index contributed by atoms with van der Waals surface area (Å²) in [6, 6.07) is 0. The van der Waals surface area contributed by atoms with Crippen molar-refractivity contribution in [3.05, 3.63) is 16.1 Å². The minimum absolute atomic E-state index is 0.0582. The van der Waals surface area contributed by atoms with E-state index in [4.69, 9.17) is 9.84 Å². The molecule has 7 heteroatoms. The molecule has 0 spiro atoms. The number of aromatic nitrogens is 1. The molecule has 0 saturated heterocycles. The van der Waals surface area contributed by atoms with E-state index in [0.717, 1.165) is 25.7 Å². The lowest BCUT2D eigenvalue weighted by Gasteiger charge is -2.27. The van der Waals surface area contributed by atoms with Crippen LogP contribution in [-0.4, -0.2) is 40.7 Å². The zero-order valence-electron chi connectivity index (χ0n) is 12.1. The zero-order chi connectivity index (χ0) is 15.3. The first-order valence-electron chi connectivity index (χ1n) is 7.17. The van der Waals surface area contributed by atoms with Crippen LogP contribution in [0, 0.1) is 0 Å². The number of carboxylic acid groups (broad SMARTS) is 1. The second kappa shape index (κ2) is 7.00. The standard InChI is InChI=1S/C14H20N2O4S/c1-2-20-14(6-3-4-7-14)13(19)15-8-5-11-16-10(9-21-11)12(17)18/h9H,2-8H2,1H3,(H,15,19)(H,17,18). The van der Waals surface area contributed by atoms with E-state index in [0.29, 0.717) is 24.6 Å². The molecular formula is C14H20N2O4S. The fourth-order valence-electron chi connectivity index (χ4n) is 2.63. The summed E-state index contributed by atoms with van der Waals surface area (Å²) in [5.41, 5.74) is -0.605. The Morgan fingerprint density at radius 2 is 2.19 bits per heavy atom. The average Bonchev–Trinajstić information content (AvgIpc) is 3.09. The van der Waals surface area contributed by atoms with Crippen LogP contribution in [0.15, 0.2) is 5.38 Å². The maximum Gasteiger partial charge on any atom is 0.355 e. The second-order valence-electron chi connectivity index (χ2n) is 5.07. The number of nitrogens with zero attached hydrogens (tertiary/aromatic N) is 1. The van der Waals surface area contributed by atoms with Crippen molar-refractivity contribution >= 4 is 23.2 Å². The SMILES string of the molecule is CCOC1(C(=O)NCCc2nc(C(=O)O)cs2)CCCC1. The van der Waals surface area contributed by atoms with E-state index in [-0.39, 0.29) is 11.6 Å². The fraction of sp³-hybridized carbons (Fsp3) is 0.643. The number of hydrogen-bond acceptors (Lipinski definition) is 5. The summed E-state index contributed by atoms with van der Waals surface area (Å²) >= 11 is 1.30. The number of thiazole rings is 1. The highest BCUT2D eigenvalue weighted by Gasteiger charge is 2.41. The highest BCUT2D eigenvalue weighted by molar-refractivity contribution is 7.09. The Labute approximate surface area is 127 Å². The summed E-state index contributed by atoms with van der Waals surface area (Å²) in [5.74, 6) is -1.08. The molecule has 1 aliphatic rings. The van der Waals surface area contributed by atoms with Gasteiger partial charge in [-0.15, -0.1) is 11.3 Å². The summed E-state index contributed by atoms with van der Waals surface area (Å²) in [4.78, 5) is 27.1. The third-order valence-electron chi connectivity index (χ3n) is 3.64. The van der Waals surface area contributed by atoms with E-state index < -0.39 is 11.6 Å². The van der Waals surface area contributed by atoms with Gasteiger partial charge in [0.2, 0.25) is 0 Å². The number of carbonyl (C=O) groups is 2. The zero-order valence-corrected chi connectivity index (χ0v) is 12.9. The number of carboxylic acids is 1. The van der Waals surface area contributed by atoms with Crippen LogP contribution in [0.25, 0.3) is 0 Å². The van der Waals surface area contributed by atoms with Crippen LogP contribution in [0.2, 0.25) is 0 Å². The molecule has 1 aromatic rings. The van der Waals surface area contributed by atoms with Crippen LogP contribution in [0.4, 0.5) is 0 Å². The van der Waals surface area contributed by atoms with E-state index in [1.54, 1.807) is 0 Å². The summed E-state index contributed by atoms with van der Waals surface area (Å²) in [7, 11) is 0. The number of nitrogens with one attached hydrogen (secondary N) is 1. The van der Waals surface area contributed by atoms with Crippen molar-refractivity contribution < 1.29 is 19.4 Å². The molecule has 0 bridgehead atoms. The van der Waals surface area contributed by atoms with Crippen LogP contribution in [0.5, 0.6) is 0 Å². The Kier molecular flexibility index (Phi) is 5.30. The Balaban J connectivity index is 1.84. The molecule has 1 heterocycles. The van der Waals surface area contributed by atoms with Crippen LogP contribution in [0.1, 0.15) is 48.1 Å². The largest absolute Gasteiger partial charge is 0.476 e. The molecule has 1 fully saturated rings. The lowest BCUT2D eigenvalue weighted by Crippen LogP contribution is -2.47. The van der Waals surface area contributed by atoms with Gasteiger partial charge < -0.3 is 15.2 Å². The van der Waals surface area contributed by atoms with Gasteiger partial charge in [-0.05, 0) is 32.6 Å². The Hall–Kier alpha value is -1.47. The molecule has 0 aliphatic heterocycles. The first-order valence-corrected chi connectivity index (χ1v) is 8.05. The van der Waals surface area contributed by atoms with Gasteiger partial charge >= 0.3 is 5.97 Å². The normalized spacial score (nSPS) is 16.8. The van der Waals surface area contributed by atoms with E-state index in [9.17, 15) is 9.59 Å². The van der Waals surface area contributed by atoms with Crippen molar-refractivity contribution in [3.63, 3.8) is 0 Å². The predicted octanol–water partition coefficient (Wildman–Crippen LogP) is 1.85. The van der Waals surface area contributed by atoms with E-state index in [1.165, 1.54) is 16.7 Å². The number of aromatic carboxylic acids is 1. The number of rotatable bonds is 7. The molecule has 1 aliphatic carbocycles. The van der Waals surface area contributed by atoms with Gasteiger partial charge in [0.25, 0.3) is 5.91 Å². The molecule has 21 heavy (non-hydrogen) atoms. The lowest BCUT2D eigenvalue weighted by molar-refractivity contribution is -0.145. The molecule has 6 nitrogen and oxygen atoms in total. The van der Waals surface area contributed by atoms with E-state index in [1.807, 2.05) is 6.92 Å². The van der Waals surface area contributed by atoms with Crippen molar-refractivity contribution in [2.24, 2.45) is 0 Å². The van der Waals surface area contributed by atoms with Crippen LogP contribution in [0.3, 0.4) is 0 Å². The monoisotopic (exact) mass is 312 g/mol. The smallest absolute Gasteiger partial charge is 0.355 e. The Morgan fingerprint density at radius 1 is 1.48 bits per heavy atom. The molecule has 0 unspecified atom stereocenters. The predicted molar refractivity (Wildman–Crippen MR) is 78.6 cm³/mol.